The van der Waals surface area contributed by atoms with Gasteiger partial charge in [-0.3, -0.25) is 0 Å². The van der Waals surface area contributed by atoms with Crippen molar-refractivity contribution >= 4 is 23.9 Å². The maximum Gasteiger partial charge on any atom is 0.340 e. The lowest BCUT2D eigenvalue weighted by molar-refractivity contribution is 0.0645. The molecule has 0 fully saturated rings. The molecular formula is C20H20O9. The highest BCUT2D eigenvalue weighted by atomic mass is 16.5. The zero-order valence-corrected chi connectivity index (χ0v) is 15.7. The Morgan fingerprint density at radius 3 is 1.24 bits per heavy atom. The van der Waals surface area contributed by atoms with Crippen molar-refractivity contribution in [2.24, 2.45) is 0 Å². The fourth-order valence-corrected chi connectivity index (χ4v) is 2.15. The number of rotatable bonds is 7. The Labute approximate surface area is 165 Å². The summed E-state index contributed by atoms with van der Waals surface area (Å²) in [5.41, 5.74) is -2.49. The highest BCUT2D eigenvalue weighted by Crippen LogP contribution is 2.32. The monoisotopic (exact) mass is 404 g/mol. The van der Waals surface area contributed by atoms with Gasteiger partial charge in [0.25, 0.3) is 0 Å². The first-order valence-corrected chi connectivity index (χ1v) is 8.52. The number of unbranched alkanes of at least 4 members (excludes halogenated alkanes) is 1. The average molecular weight is 404 g/mol. The summed E-state index contributed by atoms with van der Waals surface area (Å²) in [6, 6.07) is 6.79. The summed E-state index contributed by atoms with van der Waals surface area (Å²) in [5, 5.41) is 36.6. The summed E-state index contributed by atoms with van der Waals surface area (Å²) in [5.74, 6) is -7.09. The molecule has 0 saturated carbocycles. The van der Waals surface area contributed by atoms with Gasteiger partial charge >= 0.3 is 23.9 Å². The summed E-state index contributed by atoms with van der Waals surface area (Å²) in [7, 11) is 0. The Bertz CT molecular complexity index is 856. The van der Waals surface area contributed by atoms with Crippen LogP contribution in [0.1, 0.15) is 68.1 Å². The fourth-order valence-electron chi connectivity index (χ4n) is 2.15. The minimum absolute atomic E-state index is 0.433. The number of benzene rings is 2. The number of hydrogen-bond acceptors (Lipinski definition) is 5. The Morgan fingerprint density at radius 2 is 1.00 bits per heavy atom. The molecule has 2 aromatic carbocycles. The van der Waals surface area contributed by atoms with Crippen LogP contribution < -0.4 is 4.74 Å². The van der Waals surface area contributed by atoms with Crippen LogP contribution in [0.25, 0.3) is 0 Å². The smallest absolute Gasteiger partial charge is 0.340 e. The number of aromatic carboxylic acids is 4. The summed E-state index contributed by atoms with van der Waals surface area (Å²) < 4.78 is 5.26. The molecule has 2 aromatic rings. The van der Waals surface area contributed by atoms with Crippen molar-refractivity contribution in [3.8, 4) is 11.5 Å². The first-order valence-electron chi connectivity index (χ1n) is 8.52. The van der Waals surface area contributed by atoms with E-state index in [1.54, 1.807) is 0 Å². The predicted octanol–water partition coefficient (Wildman–Crippen LogP) is 4.08. The summed E-state index contributed by atoms with van der Waals surface area (Å²) in [6.07, 6.45) is 2.64. The van der Waals surface area contributed by atoms with Gasteiger partial charge in [0.05, 0.1) is 11.1 Å². The van der Waals surface area contributed by atoms with E-state index >= 15 is 0 Å². The third-order valence-corrected chi connectivity index (χ3v) is 3.66. The van der Waals surface area contributed by atoms with Gasteiger partial charge in [0.2, 0.25) is 0 Å². The lowest BCUT2D eigenvalue weighted by atomic mass is 10.1. The Balaban J connectivity index is 0.000000960. The average Bonchev–Trinajstić information content (AvgIpc) is 2.67. The lowest BCUT2D eigenvalue weighted by Gasteiger charge is -2.13. The zero-order chi connectivity index (χ0) is 22.1. The molecule has 0 aliphatic heterocycles. The van der Waals surface area contributed by atoms with Crippen LogP contribution in [-0.2, 0) is 0 Å². The van der Waals surface area contributed by atoms with Gasteiger partial charge in [0.15, 0.2) is 0 Å². The van der Waals surface area contributed by atoms with E-state index in [2.05, 4.69) is 13.8 Å². The third kappa shape index (κ3) is 5.80. The Morgan fingerprint density at radius 1 is 0.655 bits per heavy atom. The van der Waals surface area contributed by atoms with E-state index in [0.717, 1.165) is 24.3 Å². The summed E-state index contributed by atoms with van der Waals surface area (Å²) >= 11 is 0. The predicted molar refractivity (Wildman–Crippen MR) is 101 cm³/mol. The van der Waals surface area contributed by atoms with E-state index < -0.39 is 57.6 Å². The summed E-state index contributed by atoms with van der Waals surface area (Å²) in [4.78, 5) is 45.1. The zero-order valence-electron chi connectivity index (χ0n) is 15.7. The maximum absolute atomic E-state index is 11.4. The second-order valence-electron chi connectivity index (χ2n) is 5.68. The van der Waals surface area contributed by atoms with Crippen LogP contribution in [0.4, 0.5) is 0 Å². The van der Waals surface area contributed by atoms with Crippen molar-refractivity contribution in [2.45, 2.75) is 26.7 Å². The molecule has 29 heavy (non-hydrogen) atoms. The molecule has 4 N–H and O–H groups in total. The number of carboxylic acids is 4. The van der Waals surface area contributed by atoms with Gasteiger partial charge in [-0.05, 0) is 24.3 Å². The lowest BCUT2D eigenvalue weighted by Crippen LogP contribution is -2.12. The number of carboxylic acid groups (broad SMARTS) is 4. The molecular weight excluding hydrogens is 384 g/mol. The molecule has 0 atom stereocenters. The van der Waals surface area contributed by atoms with Gasteiger partial charge in [0, 0.05) is 0 Å². The third-order valence-electron chi connectivity index (χ3n) is 3.66. The summed E-state index contributed by atoms with van der Waals surface area (Å²) in [6.45, 7) is 4.36. The molecule has 0 bridgehead atoms. The molecule has 154 valence electrons. The first-order chi connectivity index (χ1) is 13.6. The van der Waals surface area contributed by atoms with Crippen molar-refractivity contribution in [1.82, 2.24) is 0 Å². The minimum Gasteiger partial charge on any atom is -0.478 e. The van der Waals surface area contributed by atoms with Crippen LogP contribution in [0.2, 0.25) is 0 Å². The van der Waals surface area contributed by atoms with E-state index in [1.807, 2.05) is 0 Å². The van der Waals surface area contributed by atoms with E-state index in [0.29, 0.717) is 0 Å². The second-order valence-corrected chi connectivity index (χ2v) is 5.68. The van der Waals surface area contributed by atoms with Crippen molar-refractivity contribution in [1.29, 1.82) is 0 Å². The minimum atomic E-state index is -1.60. The number of carbonyl (C=O) groups is 4. The van der Waals surface area contributed by atoms with Crippen LogP contribution in [0.3, 0.4) is 0 Å². The molecule has 0 aromatic heterocycles. The highest BCUT2D eigenvalue weighted by molar-refractivity contribution is 6.05. The van der Waals surface area contributed by atoms with Crippen molar-refractivity contribution in [2.75, 3.05) is 0 Å². The van der Waals surface area contributed by atoms with Gasteiger partial charge < -0.3 is 25.2 Å². The van der Waals surface area contributed by atoms with Crippen LogP contribution in [0.5, 0.6) is 11.5 Å². The maximum atomic E-state index is 11.4. The van der Waals surface area contributed by atoms with E-state index in [4.69, 9.17) is 14.9 Å². The number of ether oxygens (including phenoxy) is 1. The molecule has 0 amide bonds. The second kappa shape index (κ2) is 10.5. The number of hydrogen-bond donors (Lipinski definition) is 4. The first kappa shape index (κ1) is 23.2. The normalized spacial score (nSPS) is 9.72. The van der Waals surface area contributed by atoms with Gasteiger partial charge in [-0.25, -0.2) is 19.2 Å². The van der Waals surface area contributed by atoms with Crippen LogP contribution in [-0.4, -0.2) is 44.3 Å². The van der Waals surface area contributed by atoms with Gasteiger partial charge in [-0.1, -0.05) is 38.8 Å². The molecule has 0 aliphatic rings. The largest absolute Gasteiger partial charge is 0.478 e. The SMILES string of the molecule is CCCC.O=C(O)c1cccc(Oc2cccc(C(=O)O)c2C(=O)O)c1C(=O)O. The van der Waals surface area contributed by atoms with Crippen molar-refractivity contribution in [3.63, 3.8) is 0 Å². The standard InChI is InChI=1S/C16H10O9.C4H10/c17-13(18)7-3-1-5-9(11(7)15(21)22)25-10-6-2-4-8(14(19)20)12(10)16(23)24;1-3-4-2/h1-6H,(H,17,18)(H,19,20)(H,21,22)(H,23,24);3-4H2,1-2H3. The van der Waals surface area contributed by atoms with E-state index in [-0.39, 0.29) is 0 Å². The molecule has 0 heterocycles. The van der Waals surface area contributed by atoms with Crippen molar-refractivity contribution in [3.05, 3.63) is 58.7 Å². The van der Waals surface area contributed by atoms with Gasteiger partial charge in [-0.15, -0.1) is 0 Å². The molecule has 0 spiro atoms. The quantitative estimate of drug-likeness (QED) is 0.533. The topological polar surface area (TPSA) is 158 Å². The Hall–Kier alpha value is -3.88. The molecule has 0 saturated heterocycles. The van der Waals surface area contributed by atoms with Crippen LogP contribution in [0, 0.1) is 0 Å². The van der Waals surface area contributed by atoms with E-state index in [1.165, 1.54) is 25.0 Å². The molecule has 9 heteroatoms. The molecule has 0 radical (unpaired) electrons. The molecule has 0 unspecified atom stereocenters. The van der Waals surface area contributed by atoms with Crippen LogP contribution in [0.15, 0.2) is 36.4 Å². The van der Waals surface area contributed by atoms with Gasteiger partial charge in [-0.2, -0.15) is 0 Å². The Kier molecular flexibility index (Phi) is 8.35. The van der Waals surface area contributed by atoms with Crippen LogP contribution >= 0.6 is 0 Å². The van der Waals surface area contributed by atoms with Crippen molar-refractivity contribution < 1.29 is 44.3 Å². The molecule has 9 nitrogen and oxygen atoms in total. The fraction of sp³-hybridized carbons (Fsp3) is 0.200. The molecule has 2 rings (SSSR count). The highest BCUT2D eigenvalue weighted by Gasteiger charge is 2.25. The van der Waals surface area contributed by atoms with Gasteiger partial charge in [0.1, 0.15) is 22.6 Å². The molecule has 0 aliphatic carbocycles. The van der Waals surface area contributed by atoms with E-state index in [9.17, 15) is 29.4 Å².